The molecule has 2 heterocycles. The van der Waals surface area contributed by atoms with Gasteiger partial charge in [0.2, 0.25) is 5.95 Å². The van der Waals surface area contributed by atoms with Gasteiger partial charge < -0.3 is 11.1 Å². The highest BCUT2D eigenvalue weighted by Crippen LogP contribution is 2.28. The van der Waals surface area contributed by atoms with Gasteiger partial charge in [0.05, 0.1) is 5.39 Å². The van der Waals surface area contributed by atoms with E-state index in [4.69, 9.17) is 5.73 Å². The van der Waals surface area contributed by atoms with Crippen molar-refractivity contribution in [1.29, 1.82) is 0 Å². The van der Waals surface area contributed by atoms with E-state index in [9.17, 15) is 0 Å². The third-order valence-corrected chi connectivity index (χ3v) is 3.90. The summed E-state index contributed by atoms with van der Waals surface area (Å²) in [5.41, 5.74) is 8.10. The van der Waals surface area contributed by atoms with Gasteiger partial charge in [-0.2, -0.15) is 4.98 Å². The Morgan fingerprint density at radius 3 is 2.70 bits per heavy atom. The molecule has 20 heavy (non-hydrogen) atoms. The summed E-state index contributed by atoms with van der Waals surface area (Å²) in [6, 6.07) is 10.4. The van der Waals surface area contributed by atoms with Crippen LogP contribution in [0.2, 0.25) is 0 Å². The lowest BCUT2D eigenvalue weighted by molar-refractivity contribution is 0.922. The van der Waals surface area contributed by atoms with Crippen molar-refractivity contribution in [3.8, 4) is 0 Å². The molecule has 3 N–H and O–H groups in total. The first-order valence-electron chi connectivity index (χ1n) is 6.63. The van der Waals surface area contributed by atoms with E-state index in [1.165, 1.54) is 5.56 Å². The maximum Gasteiger partial charge on any atom is 0.223 e. The molecular weight excluding hydrogens is 268 g/mol. The van der Waals surface area contributed by atoms with Gasteiger partial charge in [-0.25, -0.2) is 4.98 Å². The van der Waals surface area contributed by atoms with Crippen LogP contribution in [0.5, 0.6) is 0 Å². The van der Waals surface area contributed by atoms with Crippen LogP contribution in [0.15, 0.2) is 35.7 Å². The van der Waals surface area contributed by atoms with Crippen molar-refractivity contribution in [2.24, 2.45) is 0 Å². The topological polar surface area (TPSA) is 63.8 Å². The summed E-state index contributed by atoms with van der Waals surface area (Å²) in [5, 5.41) is 6.31. The number of rotatable bonds is 4. The zero-order valence-corrected chi connectivity index (χ0v) is 12.1. The second-order valence-corrected chi connectivity index (χ2v) is 5.54. The highest BCUT2D eigenvalue weighted by Gasteiger charge is 2.07. The average Bonchev–Trinajstić information content (AvgIpc) is 2.89. The second kappa shape index (κ2) is 5.46. The molecule has 4 nitrogen and oxygen atoms in total. The smallest absolute Gasteiger partial charge is 0.223 e. The quantitative estimate of drug-likeness (QED) is 0.761. The van der Waals surface area contributed by atoms with Gasteiger partial charge in [-0.1, -0.05) is 25.5 Å². The first-order valence-corrected chi connectivity index (χ1v) is 7.51. The minimum absolute atomic E-state index is 0.296. The van der Waals surface area contributed by atoms with Gasteiger partial charge in [-0.15, -0.1) is 11.3 Å². The molecule has 0 aliphatic carbocycles. The molecule has 0 atom stereocenters. The molecule has 0 aliphatic rings. The molecule has 0 saturated heterocycles. The van der Waals surface area contributed by atoms with Gasteiger partial charge in [-0.05, 0) is 35.6 Å². The normalized spacial score (nSPS) is 10.8. The molecule has 3 aromatic rings. The fourth-order valence-electron chi connectivity index (χ4n) is 2.15. The number of nitrogens with zero attached hydrogens (tertiary/aromatic N) is 2. The summed E-state index contributed by atoms with van der Waals surface area (Å²) in [5.74, 6) is 1.06. The van der Waals surface area contributed by atoms with Crippen LogP contribution in [0.3, 0.4) is 0 Å². The molecule has 102 valence electrons. The summed E-state index contributed by atoms with van der Waals surface area (Å²) in [4.78, 5) is 9.42. The average molecular weight is 284 g/mol. The standard InChI is InChI=1S/C15H16N4S/c1-2-3-10-4-6-11(7-5-10)17-13-12-8-9-20-14(12)19-15(16)18-13/h4-9H,2-3H2,1H3,(H3,16,17,18,19). The van der Waals surface area contributed by atoms with Gasteiger partial charge in [0.1, 0.15) is 10.6 Å². The molecule has 0 saturated carbocycles. The molecule has 0 radical (unpaired) electrons. The number of fused-ring (bicyclic) bond motifs is 1. The van der Waals surface area contributed by atoms with Gasteiger partial charge in [0.25, 0.3) is 0 Å². The predicted octanol–water partition coefficient (Wildman–Crippen LogP) is 3.97. The maximum absolute atomic E-state index is 5.75. The molecule has 0 bridgehead atoms. The summed E-state index contributed by atoms with van der Waals surface area (Å²) in [6.45, 7) is 2.18. The molecule has 3 rings (SSSR count). The van der Waals surface area contributed by atoms with E-state index in [1.54, 1.807) is 11.3 Å². The molecule has 1 aromatic carbocycles. The van der Waals surface area contributed by atoms with Gasteiger partial charge in [0.15, 0.2) is 0 Å². The van der Waals surface area contributed by atoms with Crippen LogP contribution in [-0.4, -0.2) is 9.97 Å². The lowest BCUT2D eigenvalue weighted by atomic mass is 10.1. The molecule has 0 fully saturated rings. The van der Waals surface area contributed by atoms with Crippen molar-refractivity contribution >= 4 is 39.0 Å². The summed E-state index contributed by atoms with van der Waals surface area (Å²) < 4.78 is 0. The Morgan fingerprint density at radius 2 is 1.95 bits per heavy atom. The highest BCUT2D eigenvalue weighted by atomic mass is 32.1. The Morgan fingerprint density at radius 1 is 1.15 bits per heavy atom. The van der Waals surface area contributed by atoms with Gasteiger partial charge >= 0.3 is 0 Å². The predicted molar refractivity (Wildman–Crippen MR) is 85.5 cm³/mol. The van der Waals surface area contributed by atoms with Crippen LogP contribution >= 0.6 is 11.3 Å². The molecule has 0 amide bonds. The summed E-state index contributed by atoms with van der Waals surface area (Å²) in [6.07, 6.45) is 2.26. The second-order valence-electron chi connectivity index (χ2n) is 4.64. The molecule has 0 aliphatic heterocycles. The molecule has 0 spiro atoms. The van der Waals surface area contributed by atoms with E-state index in [1.807, 2.05) is 11.4 Å². The third kappa shape index (κ3) is 2.58. The van der Waals surface area contributed by atoms with Crippen LogP contribution in [0.1, 0.15) is 18.9 Å². The number of nitrogens with two attached hydrogens (primary N) is 1. The lowest BCUT2D eigenvalue weighted by Gasteiger charge is -2.08. The van der Waals surface area contributed by atoms with E-state index >= 15 is 0 Å². The van der Waals surface area contributed by atoms with Crippen molar-refractivity contribution in [3.63, 3.8) is 0 Å². The van der Waals surface area contributed by atoms with E-state index in [0.29, 0.717) is 5.95 Å². The first kappa shape index (κ1) is 12.9. The third-order valence-electron chi connectivity index (χ3n) is 3.10. The van der Waals surface area contributed by atoms with Crippen molar-refractivity contribution < 1.29 is 0 Å². The minimum atomic E-state index is 0.296. The number of nitrogen functional groups attached to an aromatic ring is 1. The number of thiophene rings is 1. The van der Waals surface area contributed by atoms with Crippen LogP contribution in [0.25, 0.3) is 10.2 Å². The number of hydrogen-bond donors (Lipinski definition) is 2. The maximum atomic E-state index is 5.75. The minimum Gasteiger partial charge on any atom is -0.368 e. The fourth-order valence-corrected chi connectivity index (χ4v) is 2.92. The Labute approximate surface area is 121 Å². The monoisotopic (exact) mass is 284 g/mol. The highest BCUT2D eigenvalue weighted by molar-refractivity contribution is 7.16. The Bertz CT molecular complexity index is 718. The largest absolute Gasteiger partial charge is 0.368 e. The summed E-state index contributed by atoms with van der Waals surface area (Å²) in [7, 11) is 0. The van der Waals surface area contributed by atoms with E-state index in [0.717, 1.165) is 34.6 Å². The number of benzene rings is 1. The SMILES string of the molecule is CCCc1ccc(Nc2nc(N)nc3sccc23)cc1. The van der Waals surface area contributed by atoms with Crippen LogP contribution in [0, 0.1) is 0 Å². The Hall–Kier alpha value is -2.14. The van der Waals surface area contributed by atoms with Gasteiger partial charge in [-0.3, -0.25) is 0 Å². The van der Waals surface area contributed by atoms with Crippen molar-refractivity contribution in [1.82, 2.24) is 9.97 Å². The number of nitrogens with one attached hydrogen (secondary N) is 1. The number of anilines is 3. The molecular formula is C15H16N4S. The zero-order valence-electron chi connectivity index (χ0n) is 11.3. The summed E-state index contributed by atoms with van der Waals surface area (Å²) >= 11 is 1.56. The Kier molecular flexibility index (Phi) is 3.52. The van der Waals surface area contributed by atoms with Crippen molar-refractivity contribution in [3.05, 3.63) is 41.3 Å². The fraction of sp³-hybridized carbons (Fsp3) is 0.200. The molecule has 5 heteroatoms. The lowest BCUT2D eigenvalue weighted by Crippen LogP contribution is -2.00. The Balaban J connectivity index is 1.90. The first-order chi connectivity index (χ1) is 9.76. The van der Waals surface area contributed by atoms with Crippen molar-refractivity contribution in [2.75, 3.05) is 11.1 Å². The van der Waals surface area contributed by atoms with E-state index < -0.39 is 0 Å². The number of aryl methyl sites for hydroxylation is 1. The molecule has 0 unspecified atom stereocenters. The van der Waals surface area contributed by atoms with Crippen LogP contribution < -0.4 is 11.1 Å². The van der Waals surface area contributed by atoms with E-state index in [-0.39, 0.29) is 0 Å². The van der Waals surface area contributed by atoms with Crippen molar-refractivity contribution in [2.45, 2.75) is 19.8 Å². The number of aromatic nitrogens is 2. The van der Waals surface area contributed by atoms with Crippen LogP contribution in [0.4, 0.5) is 17.5 Å². The zero-order chi connectivity index (χ0) is 13.9. The van der Waals surface area contributed by atoms with Crippen LogP contribution in [-0.2, 0) is 6.42 Å². The number of hydrogen-bond acceptors (Lipinski definition) is 5. The van der Waals surface area contributed by atoms with Gasteiger partial charge in [0, 0.05) is 5.69 Å². The van der Waals surface area contributed by atoms with E-state index in [2.05, 4.69) is 46.5 Å². The molecule has 2 aromatic heterocycles.